The van der Waals surface area contributed by atoms with E-state index in [0.717, 1.165) is 0 Å². The first-order valence-electron chi connectivity index (χ1n) is 6.76. The van der Waals surface area contributed by atoms with Gasteiger partial charge in [-0.3, -0.25) is 9.59 Å². The van der Waals surface area contributed by atoms with Crippen molar-refractivity contribution in [3.63, 3.8) is 0 Å². The third-order valence-electron chi connectivity index (χ3n) is 2.99. The van der Waals surface area contributed by atoms with Gasteiger partial charge in [-0.1, -0.05) is 12.1 Å². The van der Waals surface area contributed by atoms with Crippen LogP contribution in [0, 0.1) is 5.82 Å². The molecular weight excluding hydrogens is 277 g/mol. The molecule has 0 unspecified atom stereocenters. The number of hydrogen-bond acceptors (Lipinski definition) is 3. The lowest BCUT2D eigenvalue weighted by molar-refractivity contribution is -0.138. The van der Waals surface area contributed by atoms with Gasteiger partial charge in [0.05, 0.1) is 12.8 Å². The molecule has 5 nitrogen and oxygen atoms in total. The summed E-state index contributed by atoms with van der Waals surface area (Å²) in [5, 5.41) is 8.73. The van der Waals surface area contributed by atoms with Gasteiger partial charge in [0.15, 0.2) is 0 Å². The zero-order valence-corrected chi connectivity index (χ0v) is 12.0. The Morgan fingerprint density at radius 3 is 2.48 bits per heavy atom. The van der Waals surface area contributed by atoms with Gasteiger partial charge in [0.2, 0.25) is 5.91 Å². The van der Waals surface area contributed by atoms with Crippen LogP contribution < -0.4 is 0 Å². The normalized spacial score (nSPS) is 10.4. The lowest BCUT2D eigenvalue weighted by Gasteiger charge is -2.22. The number of carboxylic acid groups (broad SMARTS) is 1. The van der Waals surface area contributed by atoms with Gasteiger partial charge in [-0.05, 0) is 24.1 Å². The summed E-state index contributed by atoms with van der Waals surface area (Å²) in [7, 11) is 1.57. The van der Waals surface area contributed by atoms with E-state index >= 15 is 0 Å². The molecule has 116 valence electrons. The minimum atomic E-state index is -0.943. The quantitative estimate of drug-likeness (QED) is 0.705. The van der Waals surface area contributed by atoms with Crippen molar-refractivity contribution in [3.05, 3.63) is 35.6 Å². The molecule has 0 bridgehead atoms. The van der Waals surface area contributed by atoms with Crippen LogP contribution >= 0.6 is 0 Å². The van der Waals surface area contributed by atoms with Crippen molar-refractivity contribution in [1.82, 2.24) is 4.90 Å². The second kappa shape index (κ2) is 9.07. The Bertz CT molecular complexity index is 461. The SMILES string of the molecule is COCCCN(CCC(=O)O)C(=O)Cc1ccc(F)cc1. The van der Waals surface area contributed by atoms with Crippen LogP contribution in [0.3, 0.4) is 0 Å². The predicted molar refractivity (Wildman–Crippen MR) is 75.4 cm³/mol. The molecule has 21 heavy (non-hydrogen) atoms. The van der Waals surface area contributed by atoms with E-state index in [0.29, 0.717) is 25.1 Å². The maximum atomic E-state index is 12.8. The van der Waals surface area contributed by atoms with E-state index in [1.54, 1.807) is 19.2 Å². The molecule has 0 fully saturated rings. The summed E-state index contributed by atoms with van der Waals surface area (Å²) >= 11 is 0. The van der Waals surface area contributed by atoms with E-state index < -0.39 is 5.97 Å². The van der Waals surface area contributed by atoms with Gasteiger partial charge in [0, 0.05) is 26.8 Å². The molecule has 0 aromatic heterocycles. The fourth-order valence-electron chi connectivity index (χ4n) is 1.88. The van der Waals surface area contributed by atoms with Crippen molar-refractivity contribution in [2.75, 3.05) is 26.8 Å². The van der Waals surface area contributed by atoms with Gasteiger partial charge >= 0.3 is 5.97 Å². The summed E-state index contributed by atoms with van der Waals surface area (Å²) in [6, 6.07) is 5.71. The van der Waals surface area contributed by atoms with Gasteiger partial charge < -0.3 is 14.7 Å². The molecule has 0 saturated heterocycles. The summed E-state index contributed by atoms with van der Waals surface area (Å²) in [5.74, 6) is -1.46. The van der Waals surface area contributed by atoms with Gasteiger partial charge in [0.1, 0.15) is 5.82 Å². The smallest absolute Gasteiger partial charge is 0.305 e. The third kappa shape index (κ3) is 6.85. The van der Waals surface area contributed by atoms with Crippen LogP contribution in [0.5, 0.6) is 0 Å². The summed E-state index contributed by atoms with van der Waals surface area (Å²) in [4.78, 5) is 24.4. The molecule has 0 atom stereocenters. The molecule has 1 aromatic carbocycles. The number of carbonyl (C=O) groups is 2. The fourth-order valence-corrected chi connectivity index (χ4v) is 1.88. The van der Waals surface area contributed by atoms with Crippen LogP contribution in [0.1, 0.15) is 18.4 Å². The first-order valence-corrected chi connectivity index (χ1v) is 6.76. The van der Waals surface area contributed by atoms with Gasteiger partial charge in [-0.15, -0.1) is 0 Å². The average molecular weight is 297 g/mol. The predicted octanol–water partition coefficient (Wildman–Crippen LogP) is 1.71. The monoisotopic (exact) mass is 297 g/mol. The van der Waals surface area contributed by atoms with E-state index in [1.165, 1.54) is 17.0 Å². The highest BCUT2D eigenvalue weighted by Gasteiger charge is 2.15. The average Bonchev–Trinajstić information content (AvgIpc) is 2.44. The molecule has 1 amide bonds. The van der Waals surface area contributed by atoms with Crippen LogP contribution in [0.2, 0.25) is 0 Å². The number of nitrogens with zero attached hydrogens (tertiary/aromatic N) is 1. The summed E-state index contributed by atoms with van der Waals surface area (Å²) in [6.07, 6.45) is 0.681. The largest absolute Gasteiger partial charge is 0.481 e. The Morgan fingerprint density at radius 2 is 1.90 bits per heavy atom. The Kier molecular flexibility index (Phi) is 7.39. The number of rotatable bonds is 9. The minimum absolute atomic E-state index is 0.0951. The number of aliphatic carboxylic acids is 1. The number of amides is 1. The number of carbonyl (C=O) groups excluding carboxylic acids is 1. The summed E-state index contributed by atoms with van der Waals surface area (Å²) in [5.41, 5.74) is 0.702. The lowest BCUT2D eigenvalue weighted by Crippen LogP contribution is -2.35. The number of ether oxygens (including phenoxy) is 1. The molecular formula is C15H20FNO4. The Labute approximate surface area is 123 Å². The van der Waals surface area contributed by atoms with Gasteiger partial charge in [-0.2, -0.15) is 0 Å². The minimum Gasteiger partial charge on any atom is -0.481 e. The number of methoxy groups -OCH3 is 1. The highest BCUT2D eigenvalue weighted by Crippen LogP contribution is 2.07. The van der Waals surface area contributed by atoms with Gasteiger partial charge in [0.25, 0.3) is 0 Å². The zero-order chi connectivity index (χ0) is 15.7. The van der Waals surface area contributed by atoms with Crippen LogP contribution in [0.25, 0.3) is 0 Å². The topological polar surface area (TPSA) is 66.8 Å². The molecule has 0 aliphatic carbocycles. The van der Waals surface area contributed by atoms with E-state index in [1.807, 2.05) is 0 Å². The second-order valence-electron chi connectivity index (χ2n) is 4.67. The highest BCUT2D eigenvalue weighted by molar-refractivity contribution is 5.79. The molecule has 1 aromatic rings. The highest BCUT2D eigenvalue weighted by atomic mass is 19.1. The van der Waals surface area contributed by atoms with Crippen molar-refractivity contribution >= 4 is 11.9 Å². The molecule has 0 aliphatic heterocycles. The Hall–Kier alpha value is -1.95. The lowest BCUT2D eigenvalue weighted by atomic mass is 10.1. The van der Waals surface area contributed by atoms with Crippen molar-refractivity contribution in [3.8, 4) is 0 Å². The van der Waals surface area contributed by atoms with Crippen LogP contribution in [-0.2, 0) is 20.7 Å². The van der Waals surface area contributed by atoms with E-state index in [4.69, 9.17) is 9.84 Å². The number of halogens is 1. The second-order valence-corrected chi connectivity index (χ2v) is 4.67. The Morgan fingerprint density at radius 1 is 1.24 bits per heavy atom. The maximum Gasteiger partial charge on any atom is 0.305 e. The van der Waals surface area contributed by atoms with E-state index in [-0.39, 0.29) is 31.1 Å². The summed E-state index contributed by atoms with van der Waals surface area (Å²) < 4.78 is 17.8. The zero-order valence-electron chi connectivity index (χ0n) is 12.0. The standard InChI is InChI=1S/C15H20FNO4/c1-21-10-2-8-17(9-7-15(19)20)14(18)11-12-3-5-13(16)6-4-12/h3-6H,2,7-11H2,1H3,(H,19,20). The Balaban J connectivity index is 2.59. The number of carboxylic acids is 1. The molecule has 6 heteroatoms. The van der Waals surface area contributed by atoms with Crippen molar-refractivity contribution in [2.24, 2.45) is 0 Å². The number of benzene rings is 1. The van der Waals surface area contributed by atoms with Crippen molar-refractivity contribution in [2.45, 2.75) is 19.3 Å². The maximum absolute atomic E-state index is 12.8. The molecule has 0 spiro atoms. The first-order chi connectivity index (χ1) is 10.0. The number of hydrogen-bond donors (Lipinski definition) is 1. The molecule has 1 N–H and O–H groups in total. The molecule has 0 heterocycles. The van der Waals surface area contributed by atoms with E-state index in [2.05, 4.69) is 0 Å². The van der Waals surface area contributed by atoms with Crippen molar-refractivity contribution < 1.29 is 23.8 Å². The van der Waals surface area contributed by atoms with Gasteiger partial charge in [-0.25, -0.2) is 4.39 Å². The fraction of sp³-hybridized carbons (Fsp3) is 0.467. The summed E-state index contributed by atoms with van der Waals surface area (Å²) in [6.45, 7) is 1.12. The van der Waals surface area contributed by atoms with Crippen LogP contribution in [0.4, 0.5) is 4.39 Å². The van der Waals surface area contributed by atoms with E-state index in [9.17, 15) is 14.0 Å². The molecule has 0 radical (unpaired) electrons. The third-order valence-corrected chi connectivity index (χ3v) is 2.99. The van der Waals surface area contributed by atoms with Crippen molar-refractivity contribution in [1.29, 1.82) is 0 Å². The first kappa shape index (κ1) is 17.1. The molecule has 0 saturated carbocycles. The van der Waals surface area contributed by atoms with Crippen LogP contribution in [-0.4, -0.2) is 48.7 Å². The van der Waals surface area contributed by atoms with Crippen LogP contribution in [0.15, 0.2) is 24.3 Å². The molecule has 0 aliphatic rings. The molecule has 1 rings (SSSR count).